The van der Waals surface area contributed by atoms with Gasteiger partial charge in [0.25, 0.3) is 0 Å². The van der Waals surface area contributed by atoms with Gasteiger partial charge in [0, 0.05) is 5.39 Å². The predicted octanol–water partition coefficient (Wildman–Crippen LogP) is 1.24. The van der Waals surface area contributed by atoms with E-state index in [0.717, 1.165) is 10.9 Å². The first kappa shape index (κ1) is 10.6. The normalized spacial score (nSPS) is 14.7. The number of aliphatic hydroxyl groups is 1. The van der Waals surface area contributed by atoms with E-state index in [-0.39, 0.29) is 5.88 Å². The van der Waals surface area contributed by atoms with Crippen molar-refractivity contribution < 1.29 is 5.11 Å². The Morgan fingerprint density at radius 2 is 2.11 bits per heavy atom. The Morgan fingerprint density at radius 3 is 3.00 bits per heavy atom. The predicted molar refractivity (Wildman–Crippen MR) is 68.8 cm³/mol. The maximum atomic E-state index is 9.28. The Bertz CT molecular complexity index is 616. The number of benzene rings is 1. The number of aliphatic imine (C=N–C) groups is 1. The molecule has 0 atom stereocenters. The van der Waals surface area contributed by atoms with E-state index in [0.29, 0.717) is 13.1 Å². The number of fused-ring (bicyclic) bond motifs is 1. The Hall–Kier alpha value is -2.50. The molecule has 0 aliphatic carbocycles. The molecule has 2 aromatic rings. The summed E-state index contributed by atoms with van der Waals surface area (Å²) < 4.78 is 1.93. The Balaban J connectivity index is 1.70. The molecule has 3 rings (SSSR count). The van der Waals surface area contributed by atoms with E-state index in [2.05, 4.69) is 15.5 Å². The number of rotatable bonds is 3. The van der Waals surface area contributed by atoms with Crippen LogP contribution in [0.2, 0.25) is 0 Å². The molecule has 0 unspecified atom stereocenters. The van der Waals surface area contributed by atoms with Crippen LogP contribution in [0.3, 0.4) is 0 Å². The van der Waals surface area contributed by atoms with Crippen LogP contribution in [0, 0.1) is 0 Å². The molecule has 0 saturated heterocycles. The third-order valence-electron chi connectivity index (χ3n) is 2.76. The highest BCUT2D eigenvalue weighted by molar-refractivity contribution is 5.78. The van der Waals surface area contributed by atoms with Crippen LogP contribution in [-0.2, 0) is 6.54 Å². The summed E-state index contributed by atoms with van der Waals surface area (Å²) >= 11 is 0. The van der Waals surface area contributed by atoms with Gasteiger partial charge in [-0.3, -0.25) is 15.1 Å². The zero-order valence-corrected chi connectivity index (χ0v) is 9.69. The summed E-state index contributed by atoms with van der Waals surface area (Å²) in [5.74, 6) is 0.0443. The lowest BCUT2D eigenvalue weighted by Gasteiger charge is -2.22. The molecule has 0 saturated carbocycles. The molecule has 6 heteroatoms. The van der Waals surface area contributed by atoms with Crippen molar-refractivity contribution in [1.29, 1.82) is 0 Å². The summed E-state index contributed by atoms with van der Waals surface area (Å²) in [6.45, 7) is 1.37. The minimum Gasteiger partial charge on any atom is -0.493 e. The van der Waals surface area contributed by atoms with Gasteiger partial charge in [-0.25, -0.2) is 4.99 Å². The van der Waals surface area contributed by atoms with Gasteiger partial charge in [-0.2, -0.15) is 5.10 Å². The Labute approximate surface area is 104 Å². The van der Waals surface area contributed by atoms with Gasteiger partial charge in [0.05, 0.1) is 31.0 Å². The first-order valence-electron chi connectivity index (χ1n) is 5.69. The highest BCUT2D eigenvalue weighted by Gasteiger charge is 2.07. The zero-order valence-electron chi connectivity index (χ0n) is 9.69. The second-order valence-corrected chi connectivity index (χ2v) is 4.01. The maximum absolute atomic E-state index is 9.28. The fourth-order valence-corrected chi connectivity index (χ4v) is 1.91. The average Bonchev–Trinajstić information content (AvgIpc) is 2.80. The van der Waals surface area contributed by atoms with Crippen LogP contribution in [0.15, 0.2) is 47.5 Å². The quantitative estimate of drug-likeness (QED) is 0.851. The molecule has 18 heavy (non-hydrogen) atoms. The van der Waals surface area contributed by atoms with Gasteiger partial charge >= 0.3 is 0 Å². The van der Waals surface area contributed by atoms with Gasteiger partial charge in [-0.1, -0.05) is 18.2 Å². The molecular formula is C12H13N5O. The molecule has 0 fully saturated rings. The minimum atomic E-state index is 0.0443. The van der Waals surface area contributed by atoms with Crippen molar-refractivity contribution in [1.82, 2.24) is 20.2 Å². The van der Waals surface area contributed by atoms with Crippen LogP contribution in [0.1, 0.15) is 0 Å². The molecule has 6 nitrogen and oxygen atoms in total. The lowest BCUT2D eigenvalue weighted by molar-refractivity contribution is 0.238. The molecule has 1 aliphatic heterocycles. The van der Waals surface area contributed by atoms with Crippen LogP contribution in [0.25, 0.3) is 10.9 Å². The summed E-state index contributed by atoms with van der Waals surface area (Å²) in [6.07, 6.45) is 4.84. The Kier molecular flexibility index (Phi) is 2.60. The van der Waals surface area contributed by atoms with Crippen molar-refractivity contribution in [3.8, 4) is 0 Å². The van der Waals surface area contributed by atoms with Crippen LogP contribution in [0.4, 0.5) is 0 Å². The van der Waals surface area contributed by atoms with Gasteiger partial charge in [-0.05, 0) is 6.07 Å². The third-order valence-corrected chi connectivity index (χ3v) is 2.76. The van der Waals surface area contributed by atoms with Crippen molar-refractivity contribution in [2.75, 3.05) is 6.54 Å². The smallest absolute Gasteiger partial charge is 0.222 e. The van der Waals surface area contributed by atoms with Gasteiger partial charge in [0.15, 0.2) is 0 Å². The highest BCUT2D eigenvalue weighted by Crippen LogP contribution is 2.12. The molecule has 1 aromatic carbocycles. The number of aliphatic hydroxyl groups excluding tert-OH is 1. The van der Waals surface area contributed by atoms with Gasteiger partial charge in [-0.15, -0.1) is 0 Å². The fourth-order valence-electron chi connectivity index (χ4n) is 1.91. The van der Waals surface area contributed by atoms with E-state index in [4.69, 9.17) is 0 Å². The molecule has 0 bridgehead atoms. The van der Waals surface area contributed by atoms with E-state index in [1.165, 1.54) is 6.20 Å². The first-order valence-corrected chi connectivity index (χ1v) is 5.69. The molecule has 2 heterocycles. The van der Waals surface area contributed by atoms with E-state index >= 15 is 0 Å². The van der Waals surface area contributed by atoms with E-state index in [1.54, 1.807) is 11.3 Å². The van der Waals surface area contributed by atoms with Crippen LogP contribution in [-0.4, -0.2) is 32.8 Å². The Morgan fingerprint density at radius 1 is 1.22 bits per heavy atom. The van der Waals surface area contributed by atoms with E-state index in [1.807, 2.05) is 35.1 Å². The number of hydrogen-bond donors (Lipinski definition) is 2. The van der Waals surface area contributed by atoms with Crippen LogP contribution >= 0.6 is 0 Å². The highest BCUT2D eigenvalue weighted by atomic mass is 16.3. The number of hydrazine groups is 1. The number of nitrogens with zero attached hydrogens (tertiary/aromatic N) is 4. The van der Waals surface area contributed by atoms with Crippen LogP contribution in [0.5, 0.6) is 0 Å². The third kappa shape index (κ3) is 2.00. The number of nitrogens with one attached hydrogen (secondary N) is 1. The van der Waals surface area contributed by atoms with Crippen molar-refractivity contribution in [3.63, 3.8) is 0 Å². The second-order valence-electron chi connectivity index (χ2n) is 4.01. The first-order chi connectivity index (χ1) is 8.83. The molecule has 2 N–H and O–H groups in total. The van der Waals surface area contributed by atoms with Gasteiger partial charge in [0.2, 0.25) is 5.88 Å². The lowest BCUT2D eigenvalue weighted by Crippen LogP contribution is -2.40. The summed E-state index contributed by atoms with van der Waals surface area (Å²) in [5, 5.41) is 16.5. The maximum Gasteiger partial charge on any atom is 0.222 e. The van der Waals surface area contributed by atoms with E-state index < -0.39 is 0 Å². The van der Waals surface area contributed by atoms with Crippen molar-refractivity contribution >= 4 is 17.2 Å². The van der Waals surface area contributed by atoms with Crippen molar-refractivity contribution in [2.45, 2.75) is 6.54 Å². The number of para-hydroxylation sites is 1. The minimum absolute atomic E-state index is 0.0443. The number of hydrogen-bond acceptors (Lipinski definition) is 5. The molecular weight excluding hydrogens is 230 g/mol. The zero-order chi connectivity index (χ0) is 12.4. The molecule has 1 aliphatic rings. The van der Waals surface area contributed by atoms with Gasteiger partial charge in [0.1, 0.15) is 6.34 Å². The van der Waals surface area contributed by atoms with Crippen molar-refractivity contribution in [2.24, 2.45) is 4.99 Å². The standard InChI is InChI=1S/C12H13N5O/c18-12-8-13-9-16(15-12)5-6-17-11-4-2-1-3-10(11)7-14-17/h1-4,7-9,15,18H,5-6H2. The van der Waals surface area contributed by atoms with E-state index in [9.17, 15) is 5.11 Å². The SMILES string of the molecule is OC1=CN=CN(CCn2ncc3ccccc32)N1. The van der Waals surface area contributed by atoms with Gasteiger partial charge < -0.3 is 5.11 Å². The summed E-state index contributed by atoms with van der Waals surface area (Å²) in [6, 6.07) is 8.07. The second kappa shape index (κ2) is 4.40. The average molecular weight is 243 g/mol. The summed E-state index contributed by atoms with van der Waals surface area (Å²) in [5.41, 5.74) is 3.89. The molecule has 1 aromatic heterocycles. The fraction of sp³-hybridized carbons (Fsp3) is 0.167. The largest absolute Gasteiger partial charge is 0.493 e. The number of aromatic nitrogens is 2. The topological polar surface area (TPSA) is 65.7 Å². The molecule has 0 spiro atoms. The summed E-state index contributed by atoms with van der Waals surface area (Å²) in [4.78, 5) is 3.90. The van der Waals surface area contributed by atoms with Crippen LogP contribution < -0.4 is 5.43 Å². The lowest BCUT2D eigenvalue weighted by atomic mass is 10.2. The van der Waals surface area contributed by atoms with Crippen molar-refractivity contribution in [3.05, 3.63) is 42.5 Å². The molecule has 0 radical (unpaired) electrons. The summed E-state index contributed by atoms with van der Waals surface area (Å²) in [7, 11) is 0. The monoisotopic (exact) mass is 243 g/mol. The molecule has 92 valence electrons. The molecule has 0 amide bonds.